The first-order valence-electron chi connectivity index (χ1n) is 6.82. The van der Waals surface area contributed by atoms with Crippen LogP contribution in [0.2, 0.25) is 10.0 Å². The summed E-state index contributed by atoms with van der Waals surface area (Å²) in [5, 5.41) is 2.84. The van der Waals surface area contributed by atoms with Gasteiger partial charge in [-0.2, -0.15) is 0 Å². The smallest absolute Gasteiger partial charge is 0.267 e. The molecule has 0 unspecified atom stereocenters. The molecule has 1 amide bonds. The van der Waals surface area contributed by atoms with Crippen molar-refractivity contribution in [3.05, 3.63) is 51.3 Å². The number of rotatable bonds is 5. The van der Waals surface area contributed by atoms with Crippen LogP contribution < -0.4 is 4.83 Å². The highest BCUT2D eigenvalue weighted by Gasteiger charge is 2.39. The third-order valence-corrected chi connectivity index (χ3v) is 8.24. The summed E-state index contributed by atoms with van der Waals surface area (Å²) >= 11 is 19.2. The van der Waals surface area contributed by atoms with E-state index in [0.29, 0.717) is 16.5 Å². The van der Waals surface area contributed by atoms with Gasteiger partial charge in [-0.05, 0) is 35.6 Å². The number of thiophene rings is 1. The summed E-state index contributed by atoms with van der Waals surface area (Å²) in [6.45, 7) is 0. The summed E-state index contributed by atoms with van der Waals surface area (Å²) in [5.41, 5.74) is 0.811. The number of carbonyl (C=O) groups is 1. The number of hydrogen-bond donors (Lipinski definition) is 1. The Hall–Kier alpha value is -0.680. The minimum Gasteiger partial charge on any atom is -0.272 e. The van der Waals surface area contributed by atoms with Crippen LogP contribution in [-0.4, -0.2) is 28.9 Å². The number of hydrazine groups is 1. The van der Waals surface area contributed by atoms with Gasteiger partial charge in [0.1, 0.15) is 4.21 Å². The number of carbonyl (C=O) groups excluding carboxylic acids is 1. The fourth-order valence-electron chi connectivity index (χ4n) is 2.13. The first-order valence-corrected chi connectivity index (χ1v) is 11.2. The van der Waals surface area contributed by atoms with Crippen LogP contribution in [0.1, 0.15) is 5.56 Å². The van der Waals surface area contributed by atoms with Crippen molar-refractivity contribution < 1.29 is 13.2 Å². The second-order valence-corrected chi connectivity index (χ2v) is 10.5. The predicted octanol–water partition coefficient (Wildman–Crippen LogP) is 3.72. The van der Waals surface area contributed by atoms with Crippen molar-refractivity contribution >= 4 is 78.8 Å². The molecule has 1 aliphatic rings. The molecule has 1 atom stereocenters. The van der Waals surface area contributed by atoms with E-state index in [2.05, 4.69) is 4.83 Å². The van der Waals surface area contributed by atoms with Crippen molar-refractivity contribution in [1.82, 2.24) is 9.84 Å². The molecule has 1 saturated heterocycles. The van der Waals surface area contributed by atoms with Crippen molar-refractivity contribution in [2.24, 2.45) is 0 Å². The van der Waals surface area contributed by atoms with E-state index in [0.717, 1.165) is 33.7 Å². The monoisotopic (exact) mass is 452 g/mol. The second kappa shape index (κ2) is 7.51. The molecule has 25 heavy (non-hydrogen) atoms. The normalized spacial score (nSPS) is 18.2. The Bertz CT molecular complexity index is 932. The third-order valence-electron chi connectivity index (χ3n) is 3.30. The Balaban J connectivity index is 1.75. The van der Waals surface area contributed by atoms with Gasteiger partial charge in [0.05, 0.1) is 15.3 Å². The number of amides is 1. The summed E-state index contributed by atoms with van der Waals surface area (Å²) < 4.78 is 24.9. The molecule has 2 aromatic rings. The Morgan fingerprint density at radius 3 is 2.64 bits per heavy atom. The van der Waals surface area contributed by atoms with E-state index >= 15 is 0 Å². The zero-order valence-corrected chi connectivity index (χ0v) is 17.1. The standard InChI is InChI=1S/C14H10Cl2N2O3S4/c15-9-4-3-8(6-10(9)16)7-11-13(19)18(14(22)24-11)17-25(20,21)12-2-1-5-23-12/h1-6,11,17H,7H2/t11-/m1/s1. The zero-order chi connectivity index (χ0) is 18.2. The molecule has 0 spiro atoms. The molecule has 0 radical (unpaired) electrons. The Morgan fingerprint density at radius 1 is 1.24 bits per heavy atom. The van der Waals surface area contributed by atoms with Crippen molar-refractivity contribution in [3.8, 4) is 0 Å². The van der Waals surface area contributed by atoms with E-state index < -0.39 is 21.2 Å². The molecule has 0 saturated carbocycles. The highest BCUT2D eigenvalue weighted by Crippen LogP contribution is 2.31. The molecule has 0 bridgehead atoms. The minimum absolute atomic E-state index is 0.112. The maximum Gasteiger partial charge on any atom is 0.267 e. The molecule has 1 N–H and O–H groups in total. The maximum absolute atomic E-state index is 12.6. The van der Waals surface area contributed by atoms with Crippen LogP contribution in [0.15, 0.2) is 39.9 Å². The van der Waals surface area contributed by atoms with Crippen LogP contribution in [0.3, 0.4) is 0 Å². The van der Waals surface area contributed by atoms with E-state index in [1.807, 2.05) is 0 Å². The van der Waals surface area contributed by atoms with E-state index in [1.165, 1.54) is 6.07 Å². The van der Waals surface area contributed by atoms with Gasteiger partial charge in [0.25, 0.3) is 15.9 Å². The third kappa shape index (κ3) is 4.19. The second-order valence-electron chi connectivity index (χ2n) is 5.03. The number of sulfonamides is 1. The largest absolute Gasteiger partial charge is 0.272 e. The van der Waals surface area contributed by atoms with Gasteiger partial charge in [0.15, 0.2) is 4.32 Å². The van der Waals surface area contributed by atoms with Crippen LogP contribution in [0.4, 0.5) is 0 Å². The van der Waals surface area contributed by atoms with Crippen LogP contribution in [0.5, 0.6) is 0 Å². The topological polar surface area (TPSA) is 66.5 Å². The number of nitrogens with zero attached hydrogens (tertiary/aromatic N) is 1. The highest BCUT2D eigenvalue weighted by atomic mass is 35.5. The summed E-state index contributed by atoms with van der Waals surface area (Å²) in [7, 11) is -3.84. The van der Waals surface area contributed by atoms with Crippen LogP contribution in [0, 0.1) is 0 Å². The lowest BCUT2D eigenvalue weighted by atomic mass is 10.1. The number of thioether (sulfide) groups is 1. The molecule has 1 aromatic carbocycles. The molecule has 1 aromatic heterocycles. The number of hydrogen-bond acceptors (Lipinski definition) is 6. The molecular formula is C14H10Cl2N2O3S4. The van der Waals surface area contributed by atoms with Crippen molar-refractivity contribution in [3.63, 3.8) is 0 Å². The average molecular weight is 453 g/mol. The lowest BCUT2D eigenvalue weighted by Crippen LogP contribution is -2.46. The molecular weight excluding hydrogens is 443 g/mol. The summed E-state index contributed by atoms with van der Waals surface area (Å²) in [6.07, 6.45) is 0.359. The van der Waals surface area contributed by atoms with Crippen LogP contribution in [0.25, 0.3) is 0 Å². The van der Waals surface area contributed by atoms with Gasteiger partial charge in [0.2, 0.25) is 0 Å². The Labute approximate surface area is 168 Å². The summed E-state index contributed by atoms with van der Waals surface area (Å²) in [4.78, 5) is 14.8. The van der Waals surface area contributed by atoms with E-state index in [4.69, 9.17) is 35.4 Å². The fraction of sp³-hybridized carbons (Fsp3) is 0.143. The van der Waals surface area contributed by atoms with Crippen LogP contribution >= 0.6 is 58.5 Å². The molecule has 0 aliphatic carbocycles. The quantitative estimate of drug-likeness (QED) is 0.700. The predicted molar refractivity (Wildman–Crippen MR) is 106 cm³/mol. The van der Waals surface area contributed by atoms with E-state index in [1.54, 1.807) is 29.6 Å². The fourth-order valence-corrected chi connectivity index (χ4v) is 6.02. The molecule has 11 heteroatoms. The van der Waals surface area contributed by atoms with Gasteiger partial charge in [0, 0.05) is 0 Å². The highest BCUT2D eigenvalue weighted by molar-refractivity contribution is 8.24. The minimum atomic E-state index is -3.84. The average Bonchev–Trinajstić information content (AvgIpc) is 3.17. The van der Waals surface area contributed by atoms with Crippen molar-refractivity contribution in [2.75, 3.05) is 0 Å². The van der Waals surface area contributed by atoms with E-state index in [9.17, 15) is 13.2 Å². The molecule has 1 aliphatic heterocycles. The summed E-state index contributed by atoms with van der Waals surface area (Å²) in [6, 6.07) is 8.17. The van der Waals surface area contributed by atoms with Gasteiger partial charge >= 0.3 is 0 Å². The Morgan fingerprint density at radius 2 is 2.00 bits per heavy atom. The van der Waals surface area contributed by atoms with Gasteiger partial charge in [-0.15, -0.1) is 16.2 Å². The lowest BCUT2D eigenvalue weighted by Gasteiger charge is -2.16. The molecule has 5 nitrogen and oxygen atoms in total. The lowest BCUT2D eigenvalue weighted by molar-refractivity contribution is -0.127. The van der Waals surface area contributed by atoms with Crippen molar-refractivity contribution in [2.45, 2.75) is 15.9 Å². The SMILES string of the molecule is O=C1[C@@H](Cc2ccc(Cl)c(Cl)c2)SC(=S)N1NS(=O)(=O)c1cccs1. The first kappa shape index (κ1) is 19.1. The van der Waals surface area contributed by atoms with E-state index in [-0.39, 0.29) is 8.53 Å². The van der Waals surface area contributed by atoms with Crippen LogP contribution in [-0.2, 0) is 21.2 Å². The molecule has 2 heterocycles. The first-order chi connectivity index (χ1) is 11.8. The number of benzene rings is 1. The van der Waals surface area contributed by atoms with Gasteiger partial charge < -0.3 is 0 Å². The van der Waals surface area contributed by atoms with Gasteiger partial charge in [-0.25, -0.2) is 13.4 Å². The number of halogens is 2. The molecule has 132 valence electrons. The number of thiocarbonyl (C=S) groups is 1. The molecule has 1 fully saturated rings. The maximum atomic E-state index is 12.6. The van der Waals surface area contributed by atoms with Gasteiger partial charge in [-0.1, -0.05) is 59.3 Å². The van der Waals surface area contributed by atoms with Gasteiger partial charge in [-0.3, -0.25) is 4.79 Å². The summed E-state index contributed by atoms with van der Waals surface area (Å²) in [5.74, 6) is -0.416. The number of nitrogens with one attached hydrogen (secondary N) is 1. The zero-order valence-electron chi connectivity index (χ0n) is 12.3. The van der Waals surface area contributed by atoms with Crippen molar-refractivity contribution in [1.29, 1.82) is 0 Å². The molecule has 3 rings (SSSR count). The Kier molecular flexibility index (Phi) is 5.74.